The molecule has 8 heteroatoms. The van der Waals surface area contributed by atoms with Crippen LogP contribution in [0.15, 0.2) is 29.2 Å². The molecule has 0 radical (unpaired) electrons. The first-order valence-electron chi connectivity index (χ1n) is 5.95. The lowest BCUT2D eigenvalue weighted by molar-refractivity contribution is 0.0692. The lowest BCUT2D eigenvalue weighted by Gasteiger charge is -2.07. The zero-order valence-electron chi connectivity index (χ0n) is 10.9. The molecule has 0 heterocycles. The molecule has 0 saturated carbocycles. The van der Waals surface area contributed by atoms with Crippen LogP contribution >= 0.6 is 0 Å². The third kappa shape index (κ3) is 4.31. The Morgan fingerprint density at radius 1 is 1.10 bits per heavy atom. The second-order valence-corrected chi connectivity index (χ2v) is 8.76. The number of carbonyl (C=O) groups is 1. The second-order valence-electron chi connectivity index (χ2n) is 4.21. The quantitative estimate of drug-likeness (QED) is 0.803. The maximum absolute atomic E-state index is 12.1. The van der Waals surface area contributed by atoms with Gasteiger partial charge in [0.1, 0.15) is 9.84 Å². The van der Waals surface area contributed by atoms with Crippen molar-refractivity contribution in [2.75, 3.05) is 17.3 Å². The van der Waals surface area contributed by atoms with Gasteiger partial charge in [-0.2, -0.15) is 0 Å². The largest absolute Gasteiger partial charge is 0.478 e. The standard InChI is InChI=1S/C12H16O6S2/c1-2-19(15,16)8-5-9-20(17,18)11-7-4-3-6-10(11)12(13)14/h3-4,6-7H,2,5,8-9H2,1H3,(H,13,14). The molecular formula is C12H16O6S2. The molecule has 1 aromatic rings. The van der Waals surface area contributed by atoms with E-state index < -0.39 is 31.4 Å². The average molecular weight is 320 g/mol. The third-order valence-electron chi connectivity index (χ3n) is 2.76. The highest BCUT2D eigenvalue weighted by atomic mass is 32.2. The van der Waals surface area contributed by atoms with Crippen LogP contribution in [0.1, 0.15) is 23.7 Å². The number of sulfone groups is 2. The summed E-state index contributed by atoms with van der Waals surface area (Å²) >= 11 is 0. The third-order valence-corrected chi connectivity index (χ3v) is 6.40. The van der Waals surface area contributed by atoms with Crippen LogP contribution in [-0.2, 0) is 19.7 Å². The predicted octanol–water partition coefficient (Wildman–Crippen LogP) is 0.983. The second kappa shape index (κ2) is 6.36. The van der Waals surface area contributed by atoms with Gasteiger partial charge in [-0.25, -0.2) is 21.6 Å². The topological polar surface area (TPSA) is 106 Å². The van der Waals surface area contributed by atoms with Crippen LogP contribution in [-0.4, -0.2) is 45.2 Å². The molecule has 0 aliphatic rings. The summed E-state index contributed by atoms with van der Waals surface area (Å²) in [6.07, 6.45) is -0.0491. The van der Waals surface area contributed by atoms with Crippen molar-refractivity contribution in [3.63, 3.8) is 0 Å². The molecule has 1 N–H and O–H groups in total. The summed E-state index contributed by atoms with van der Waals surface area (Å²) in [6.45, 7) is 1.49. The Morgan fingerprint density at radius 2 is 1.70 bits per heavy atom. The maximum Gasteiger partial charge on any atom is 0.337 e. The first-order valence-corrected chi connectivity index (χ1v) is 9.42. The summed E-state index contributed by atoms with van der Waals surface area (Å²) in [5.74, 6) is -1.99. The zero-order chi connectivity index (χ0) is 15.4. The van der Waals surface area contributed by atoms with Gasteiger partial charge < -0.3 is 5.11 Å². The van der Waals surface area contributed by atoms with E-state index in [4.69, 9.17) is 5.11 Å². The van der Waals surface area contributed by atoms with Crippen molar-refractivity contribution in [1.82, 2.24) is 0 Å². The van der Waals surface area contributed by atoms with E-state index in [-0.39, 0.29) is 28.4 Å². The van der Waals surface area contributed by atoms with Crippen molar-refractivity contribution in [2.24, 2.45) is 0 Å². The lowest BCUT2D eigenvalue weighted by Crippen LogP contribution is -2.16. The van der Waals surface area contributed by atoms with Gasteiger partial charge in [0.2, 0.25) is 0 Å². The minimum Gasteiger partial charge on any atom is -0.478 e. The molecule has 0 saturated heterocycles. The Balaban J connectivity index is 2.93. The van der Waals surface area contributed by atoms with E-state index in [1.54, 1.807) is 0 Å². The van der Waals surface area contributed by atoms with Crippen molar-refractivity contribution >= 4 is 25.6 Å². The molecule has 20 heavy (non-hydrogen) atoms. The molecule has 0 aliphatic carbocycles. The van der Waals surface area contributed by atoms with E-state index in [2.05, 4.69) is 0 Å². The molecule has 0 bridgehead atoms. The molecule has 0 atom stereocenters. The Kier molecular flexibility index (Phi) is 5.29. The van der Waals surface area contributed by atoms with Gasteiger partial charge in [-0.3, -0.25) is 0 Å². The summed E-state index contributed by atoms with van der Waals surface area (Å²) in [5, 5.41) is 8.96. The first kappa shape index (κ1) is 16.6. The highest BCUT2D eigenvalue weighted by molar-refractivity contribution is 7.92. The van der Waals surface area contributed by atoms with E-state index >= 15 is 0 Å². The summed E-state index contributed by atoms with van der Waals surface area (Å²) in [4.78, 5) is 10.7. The van der Waals surface area contributed by atoms with Gasteiger partial charge >= 0.3 is 5.97 Å². The number of aromatic carboxylic acids is 1. The smallest absolute Gasteiger partial charge is 0.337 e. The molecule has 1 aromatic carbocycles. The van der Waals surface area contributed by atoms with E-state index in [0.29, 0.717) is 0 Å². The van der Waals surface area contributed by atoms with Gasteiger partial charge in [-0.15, -0.1) is 0 Å². The Labute approximate surface area is 118 Å². The average Bonchev–Trinajstić information content (AvgIpc) is 2.38. The van der Waals surface area contributed by atoms with Gasteiger partial charge in [-0.05, 0) is 18.6 Å². The summed E-state index contributed by atoms with van der Waals surface area (Å²) in [7, 11) is -7.04. The predicted molar refractivity (Wildman–Crippen MR) is 74.4 cm³/mol. The molecule has 0 aliphatic heterocycles. The normalized spacial score (nSPS) is 12.2. The highest BCUT2D eigenvalue weighted by Crippen LogP contribution is 2.18. The fraction of sp³-hybridized carbons (Fsp3) is 0.417. The fourth-order valence-electron chi connectivity index (χ4n) is 1.64. The fourth-order valence-corrected chi connectivity index (χ4v) is 4.21. The monoisotopic (exact) mass is 320 g/mol. The molecular weight excluding hydrogens is 304 g/mol. The molecule has 1 rings (SSSR count). The van der Waals surface area contributed by atoms with Crippen LogP contribution in [0.4, 0.5) is 0 Å². The molecule has 0 aromatic heterocycles. The van der Waals surface area contributed by atoms with E-state index in [1.807, 2.05) is 0 Å². The van der Waals surface area contributed by atoms with Crippen LogP contribution in [0.3, 0.4) is 0 Å². The SMILES string of the molecule is CCS(=O)(=O)CCCS(=O)(=O)c1ccccc1C(=O)O. The Bertz CT molecular complexity index is 688. The summed E-state index contributed by atoms with van der Waals surface area (Å²) in [5.41, 5.74) is -0.300. The molecule has 0 amide bonds. The minimum absolute atomic E-state index is 0.0429. The van der Waals surface area contributed by atoms with Crippen molar-refractivity contribution in [1.29, 1.82) is 0 Å². The number of rotatable bonds is 7. The molecule has 112 valence electrons. The number of hydrogen-bond acceptors (Lipinski definition) is 5. The number of carboxylic acid groups (broad SMARTS) is 1. The van der Waals surface area contributed by atoms with Crippen molar-refractivity contribution in [2.45, 2.75) is 18.2 Å². The van der Waals surface area contributed by atoms with Crippen molar-refractivity contribution < 1.29 is 26.7 Å². The molecule has 0 spiro atoms. The lowest BCUT2D eigenvalue weighted by atomic mass is 10.2. The van der Waals surface area contributed by atoms with E-state index in [1.165, 1.54) is 31.2 Å². The van der Waals surface area contributed by atoms with Gasteiger partial charge in [-0.1, -0.05) is 19.1 Å². The van der Waals surface area contributed by atoms with Crippen molar-refractivity contribution in [3.05, 3.63) is 29.8 Å². The number of hydrogen-bond donors (Lipinski definition) is 1. The van der Waals surface area contributed by atoms with Gasteiger partial charge in [0.15, 0.2) is 9.84 Å². The molecule has 0 fully saturated rings. The Hall–Kier alpha value is -1.41. The van der Waals surface area contributed by atoms with E-state index in [9.17, 15) is 21.6 Å². The minimum atomic E-state index is -3.81. The first-order chi connectivity index (χ1) is 9.19. The summed E-state index contributed by atoms with van der Waals surface area (Å²) < 4.78 is 46.8. The van der Waals surface area contributed by atoms with Crippen LogP contribution in [0, 0.1) is 0 Å². The van der Waals surface area contributed by atoms with Crippen LogP contribution < -0.4 is 0 Å². The van der Waals surface area contributed by atoms with E-state index in [0.717, 1.165) is 0 Å². The van der Waals surface area contributed by atoms with Gasteiger partial charge in [0, 0.05) is 5.75 Å². The van der Waals surface area contributed by atoms with Crippen LogP contribution in [0.2, 0.25) is 0 Å². The Morgan fingerprint density at radius 3 is 2.25 bits per heavy atom. The van der Waals surface area contributed by atoms with Crippen LogP contribution in [0.5, 0.6) is 0 Å². The molecule has 0 unspecified atom stereocenters. The highest BCUT2D eigenvalue weighted by Gasteiger charge is 2.22. The van der Waals surface area contributed by atoms with Crippen molar-refractivity contribution in [3.8, 4) is 0 Å². The maximum atomic E-state index is 12.1. The van der Waals surface area contributed by atoms with Crippen LogP contribution in [0.25, 0.3) is 0 Å². The van der Waals surface area contributed by atoms with Gasteiger partial charge in [0.25, 0.3) is 0 Å². The zero-order valence-corrected chi connectivity index (χ0v) is 12.6. The number of benzene rings is 1. The number of carboxylic acids is 1. The molecule has 6 nitrogen and oxygen atoms in total. The summed E-state index contributed by atoms with van der Waals surface area (Å²) in [6, 6.07) is 5.29. The van der Waals surface area contributed by atoms with Gasteiger partial charge in [0.05, 0.1) is 22.0 Å².